The van der Waals surface area contributed by atoms with Crippen LogP contribution in [-0.4, -0.2) is 21.7 Å². The fourth-order valence-corrected chi connectivity index (χ4v) is 2.10. The summed E-state index contributed by atoms with van der Waals surface area (Å²) >= 11 is 0. The summed E-state index contributed by atoms with van der Waals surface area (Å²) in [6.45, 7) is 0.152. The van der Waals surface area contributed by atoms with Crippen LogP contribution < -0.4 is 5.32 Å². The number of fused-ring (bicyclic) bond motifs is 1. The smallest absolute Gasteiger partial charge is 0.149 e. The molecule has 0 aliphatic carbocycles. The molecule has 0 bridgehead atoms. The van der Waals surface area contributed by atoms with Crippen LogP contribution in [0.25, 0.3) is 11.0 Å². The number of para-hydroxylation sites is 2. The van der Waals surface area contributed by atoms with Crippen molar-refractivity contribution >= 4 is 22.5 Å². The Hall–Kier alpha value is -2.46. The van der Waals surface area contributed by atoms with Crippen molar-refractivity contribution in [2.75, 3.05) is 11.9 Å². The SMILES string of the molecule is OCCc1cccc(Nc2cnc3ccccc3n2)c1. The summed E-state index contributed by atoms with van der Waals surface area (Å²) in [6.07, 6.45) is 2.37. The predicted octanol–water partition coefficient (Wildman–Crippen LogP) is 2.91. The van der Waals surface area contributed by atoms with Gasteiger partial charge in [-0.2, -0.15) is 0 Å². The Morgan fingerprint density at radius 3 is 2.70 bits per heavy atom. The molecule has 4 heteroatoms. The molecule has 4 nitrogen and oxygen atoms in total. The van der Waals surface area contributed by atoms with Crippen LogP contribution in [-0.2, 0) is 6.42 Å². The number of nitrogens with zero attached hydrogens (tertiary/aromatic N) is 2. The van der Waals surface area contributed by atoms with Gasteiger partial charge in [0.2, 0.25) is 0 Å². The van der Waals surface area contributed by atoms with Crippen LogP contribution in [0, 0.1) is 0 Å². The molecule has 0 amide bonds. The van der Waals surface area contributed by atoms with Crippen molar-refractivity contribution in [1.82, 2.24) is 9.97 Å². The predicted molar refractivity (Wildman–Crippen MR) is 80.1 cm³/mol. The van der Waals surface area contributed by atoms with Crippen LogP contribution in [0.4, 0.5) is 11.5 Å². The lowest BCUT2D eigenvalue weighted by molar-refractivity contribution is 0.299. The molecular weight excluding hydrogens is 250 g/mol. The third kappa shape index (κ3) is 2.75. The van der Waals surface area contributed by atoms with E-state index in [9.17, 15) is 0 Å². The van der Waals surface area contributed by atoms with Gasteiger partial charge in [0.25, 0.3) is 0 Å². The van der Waals surface area contributed by atoms with E-state index in [0.29, 0.717) is 12.2 Å². The molecule has 0 aliphatic heterocycles. The van der Waals surface area contributed by atoms with Crippen LogP contribution in [0.5, 0.6) is 0 Å². The second-order valence-corrected chi connectivity index (χ2v) is 4.54. The number of hydrogen-bond acceptors (Lipinski definition) is 4. The van der Waals surface area contributed by atoms with Gasteiger partial charge in [-0.3, -0.25) is 4.98 Å². The number of aromatic nitrogens is 2. The summed E-state index contributed by atoms with van der Waals surface area (Å²) in [5.74, 6) is 0.713. The van der Waals surface area contributed by atoms with Gasteiger partial charge in [0.1, 0.15) is 5.82 Å². The number of aliphatic hydroxyl groups is 1. The maximum absolute atomic E-state index is 8.98. The van der Waals surface area contributed by atoms with Gasteiger partial charge in [-0.15, -0.1) is 0 Å². The average Bonchev–Trinajstić information content (AvgIpc) is 2.48. The molecular formula is C16H15N3O. The molecule has 1 heterocycles. The zero-order valence-electron chi connectivity index (χ0n) is 11.0. The second-order valence-electron chi connectivity index (χ2n) is 4.54. The summed E-state index contributed by atoms with van der Waals surface area (Å²) in [6, 6.07) is 15.7. The molecule has 100 valence electrons. The Balaban J connectivity index is 1.87. The highest BCUT2D eigenvalue weighted by atomic mass is 16.2. The van der Waals surface area contributed by atoms with E-state index in [4.69, 9.17) is 5.11 Å². The van der Waals surface area contributed by atoms with Gasteiger partial charge in [0.15, 0.2) is 0 Å². The van der Waals surface area contributed by atoms with E-state index in [1.54, 1.807) is 6.20 Å². The molecule has 0 unspecified atom stereocenters. The van der Waals surface area contributed by atoms with Crippen molar-refractivity contribution < 1.29 is 5.11 Å². The first-order valence-corrected chi connectivity index (χ1v) is 6.54. The highest BCUT2D eigenvalue weighted by molar-refractivity contribution is 5.76. The van der Waals surface area contributed by atoms with E-state index in [0.717, 1.165) is 22.3 Å². The molecule has 0 radical (unpaired) electrons. The lowest BCUT2D eigenvalue weighted by atomic mass is 10.1. The second kappa shape index (κ2) is 5.67. The lowest BCUT2D eigenvalue weighted by Crippen LogP contribution is -1.97. The number of hydrogen-bond donors (Lipinski definition) is 2. The Bertz CT molecular complexity index is 727. The minimum absolute atomic E-state index is 0.152. The molecule has 0 atom stereocenters. The maximum atomic E-state index is 8.98. The highest BCUT2D eigenvalue weighted by Gasteiger charge is 2.01. The number of anilines is 2. The summed E-state index contributed by atoms with van der Waals surface area (Å²) < 4.78 is 0. The first kappa shape index (κ1) is 12.6. The van der Waals surface area contributed by atoms with Crippen molar-refractivity contribution in [2.45, 2.75) is 6.42 Å². The summed E-state index contributed by atoms with van der Waals surface area (Å²) in [4.78, 5) is 8.89. The monoisotopic (exact) mass is 265 g/mol. The quantitative estimate of drug-likeness (QED) is 0.761. The van der Waals surface area contributed by atoms with Gasteiger partial charge in [-0.05, 0) is 36.2 Å². The highest BCUT2D eigenvalue weighted by Crippen LogP contribution is 2.18. The topological polar surface area (TPSA) is 58.0 Å². The van der Waals surface area contributed by atoms with Crippen molar-refractivity contribution in [3.8, 4) is 0 Å². The fourth-order valence-electron chi connectivity index (χ4n) is 2.10. The van der Waals surface area contributed by atoms with Crippen molar-refractivity contribution in [3.63, 3.8) is 0 Å². The van der Waals surface area contributed by atoms with Gasteiger partial charge >= 0.3 is 0 Å². The van der Waals surface area contributed by atoms with Crippen molar-refractivity contribution in [1.29, 1.82) is 0 Å². The number of benzene rings is 2. The van der Waals surface area contributed by atoms with Crippen molar-refractivity contribution in [3.05, 3.63) is 60.3 Å². The summed E-state index contributed by atoms with van der Waals surface area (Å²) in [5.41, 5.74) is 3.78. The largest absolute Gasteiger partial charge is 0.396 e. The number of rotatable bonds is 4. The first-order chi connectivity index (χ1) is 9.85. The Kier molecular flexibility index (Phi) is 3.56. The van der Waals surface area contributed by atoms with E-state index >= 15 is 0 Å². The van der Waals surface area contributed by atoms with Crippen LogP contribution >= 0.6 is 0 Å². The van der Waals surface area contributed by atoms with Gasteiger partial charge in [-0.25, -0.2) is 4.98 Å². The molecule has 0 saturated heterocycles. The normalized spacial score (nSPS) is 10.7. The van der Waals surface area contributed by atoms with E-state index in [2.05, 4.69) is 15.3 Å². The third-order valence-corrected chi connectivity index (χ3v) is 3.05. The summed E-state index contributed by atoms with van der Waals surface area (Å²) in [7, 11) is 0. The minimum Gasteiger partial charge on any atom is -0.396 e. The zero-order chi connectivity index (χ0) is 13.8. The molecule has 3 rings (SSSR count). The molecule has 1 aromatic heterocycles. The van der Waals surface area contributed by atoms with Crippen LogP contribution in [0.2, 0.25) is 0 Å². The van der Waals surface area contributed by atoms with Crippen LogP contribution in [0.3, 0.4) is 0 Å². The van der Waals surface area contributed by atoms with E-state index in [-0.39, 0.29) is 6.61 Å². The minimum atomic E-state index is 0.152. The van der Waals surface area contributed by atoms with E-state index < -0.39 is 0 Å². The zero-order valence-corrected chi connectivity index (χ0v) is 11.0. The van der Waals surface area contributed by atoms with Gasteiger partial charge < -0.3 is 10.4 Å². The van der Waals surface area contributed by atoms with Crippen LogP contribution in [0.1, 0.15) is 5.56 Å². The molecule has 0 saturated carbocycles. The standard InChI is InChI=1S/C16H15N3O/c20-9-8-12-4-3-5-13(10-12)18-16-11-17-14-6-1-2-7-15(14)19-16/h1-7,10-11,20H,8-9H2,(H,18,19). The Labute approximate surface area is 117 Å². The Morgan fingerprint density at radius 2 is 1.85 bits per heavy atom. The molecule has 0 aliphatic rings. The molecule has 2 aromatic carbocycles. The molecule has 20 heavy (non-hydrogen) atoms. The average molecular weight is 265 g/mol. The molecule has 0 spiro atoms. The Morgan fingerprint density at radius 1 is 1.00 bits per heavy atom. The van der Waals surface area contributed by atoms with Crippen molar-refractivity contribution in [2.24, 2.45) is 0 Å². The maximum Gasteiger partial charge on any atom is 0.149 e. The van der Waals surface area contributed by atoms with Gasteiger partial charge in [0.05, 0.1) is 17.2 Å². The van der Waals surface area contributed by atoms with E-state index in [1.165, 1.54) is 0 Å². The fraction of sp³-hybridized carbons (Fsp3) is 0.125. The van der Waals surface area contributed by atoms with Gasteiger partial charge in [0, 0.05) is 12.3 Å². The van der Waals surface area contributed by atoms with E-state index in [1.807, 2.05) is 48.5 Å². The lowest BCUT2D eigenvalue weighted by Gasteiger charge is -2.07. The van der Waals surface area contributed by atoms with Gasteiger partial charge in [-0.1, -0.05) is 24.3 Å². The molecule has 0 fully saturated rings. The molecule has 3 aromatic rings. The summed E-state index contributed by atoms with van der Waals surface area (Å²) in [5, 5.41) is 12.2. The third-order valence-electron chi connectivity index (χ3n) is 3.05. The van der Waals surface area contributed by atoms with Crippen LogP contribution in [0.15, 0.2) is 54.7 Å². The number of nitrogens with one attached hydrogen (secondary N) is 1. The number of aliphatic hydroxyl groups excluding tert-OH is 1. The first-order valence-electron chi connectivity index (χ1n) is 6.54. The molecule has 2 N–H and O–H groups in total.